The standard InChI is InChI=1S/C24H21F4N9/c1-36-22(33-14-2-3-15(17(25)6-14)16-4-5-30-19(29)18(16)26)34-20(35-36)13-7-31-21(32-8-13)37-11-23(12-37)9-24(27,28)10-23/h2-8H,9-12H2,1H3,(H2,29,30)(H,33,34,35). The smallest absolute Gasteiger partial charge is 0.249 e. The summed E-state index contributed by atoms with van der Waals surface area (Å²) in [7, 11) is 1.67. The summed E-state index contributed by atoms with van der Waals surface area (Å²) in [6, 6.07) is 5.59. The number of anilines is 4. The van der Waals surface area contributed by atoms with Crippen molar-refractivity contribution < 1.29 is 17.6 Å². The van der Waals surface area contributed by atoms with Crippen LogP contribution in [0.2, 0.25) is 0 Å². The lowest BCUT2D eigenvalue weighted by atomic mass is 9.61. The SMILES string of the molecule is Cn1nc(-c2cnc(N3CC4(C3)CC(F)(F)C4)nc2)nc1Nc1ccc(-c2ccnc(N)c2F)c(F)c1. The minimum Gasteiger partial charge on any atom is -0.381 e. The van der Waals surface area contributed by atoms with Gasteiger partial charge in [0.05, 0.1) is 5.56 Å². The molecule has 1 saturated carbocycles. The molecule has 9 nitrogen and oxygen atoms in total. The van der Waals surface area contributed by atoms with Crippen LogP contribution in [0.5, 0.6) is 0 Å². The first kappa shape index (κ1) is 23.1. The van der Waals surface area contributed by atoms with Crippen LogP contribution < -0.4 is 16.0 Å². The van der Waals surface area contributed by atoms with E-state index in [-0.39, 0.29) is 35.2 Å². The number of pyridine rings is 1. The predicted octanol–water partition coefficient (Wildman–Crippen LogP) is 4.17. The summed E-state index contributed by atoms with van der Waals surface area (Å²) >= 11 is 0. The van der Waals surface area contributed by atoms with E-state index < -0.39 is 17.6 Å². The quantitative estimate of drug-likeness (QED) is 0.384. The topological polar surface area (TPSA) is 111 Å². The molecule has 0 amide bonds. The third-order valence-corrected chi connectivity index (χ3v) is 6.69. The normalized spacial score (nSPS) is 17.4. The fourth-order valence-electron chi connectivity index (χ4n) is 5.00. The summed E-state index contributed by atoms with van der Waals surface area (Å²) in [4.78, 5) is 18.7. The number of nitrogen functional groups attached to an aromatic ring is 1. The maximum atomic E-state index is 14.8. The molecule has 37 heavy (non-hydrogen) atoms. The Bertz CT molecular complexity index is 1490. The van der Waals surface area contributed by atoms with Gasteiger partial charge in [0.25, 0.3) is 0 Å². The molecule has 13 heteroatoms. The lowest BCUT2D eigenvalue weighted by Gasteiger charge is -2.58. The van der Waals surface area contributed by atoms with Crippen molar-refractivity contribution in [3.05, 3.63) is 54.5 Å². The Balaban J connectivity index is 1.15. The maximum Gasteiger partial charge on any atom is 0.249 e. The van der Waals surface area contributed by atoms with Gasteiger partial charge in [0, 0.05) is 73.8 Å². The van der Waals surface area contributed by atoms with E-state index in [4.69, 9.17) is 5.73 Å². The number of rotatable bonds is 5. The summed E-state index contributed by atoms with van der Waals surface area (Å²) in [5.74, 6) is -3.14. The van der Waals surface area contributed by atoms with E-state index in [1.54, 1.807) is 25.5 Å². The third-order valence-electron chi connectivity index (χ3n) is 6.69. The maximum absolute atomic E-state index is 14.8. The highest BCUT2D eigenvalue weighted by molar-refractivity contribution is 5.70. The number of halogens is 4. The Morgan fingerprint density at radius 2 is 1.73 bits per heavy atom. The summed E-state index contributed by atoms with van der Waals surface area (Å²) < 4.78 is 57.0. The minimum atomic E-state index is -2.55. The summed E-state index contributed by atoms with van der Waals surface area (Å²) in [6.45, 7) is 1.04. The number of hydrogen-bond acceptors (Lipinski definition) is 8. The average molecular weight is 511 g/mol. The van der Waals surface area contributed by atoms with Crippen molar-refractivity contribution in [3.8, 4) is 22.5 Å². The molecule has 1 spiro atoms. The molecule has 0 radical (unpaired) electrons. The third kappa shape index (κ3) is 4.09. The number of nitrogens with one attached hydrogen (secondary N) is 1. The zero-order chi connectivity index (χ0) is 25.9. The number of aryl methyl sites for hydroxylation is 1. The highest BCUT2D eigenvalue weighted by atomic mass is 19.3. The number of aromatic nitrogens is 6. The lowest BCUT2D eigenvalue weighted by molar-refractivity contribution is -0.170. The number of alkyl halides is 2. The molecule has 0 unspecified atom stereocenters. The molecule has 4 heterocycles. The van der Waals surface area contributed by atoms with Crippen LogP contribution in [-0.2, 0) is 7.05 Å². The van der Waals surface area contributed by atoms with Gasteiger partial charge in [-0.1, -0.05) is 0 Å². The first-order valence-electron chi connectivity index (χ1n) is 11.4. The molecular formula is C24H21F4N9. The number of benzene rings is 1. The van der Waals surface area contributed by atoms with E-state index in [0.717, 1.165) is 0 Å². The van der Waals surface area contributed by atoms with Gasteiger partial charge in [-0.3, -0.25) is 0 Å². The van der Waals surface area contributed by atoms with Crippen molar-refractivity contribution in [2.75, 3.05) is 29.0 Å². The van der Waals surface area contributed by atoms with Crippen LogP contribution in [-0.4, -0.2) is 48.7 Å². The summed E-state index contributed by atoms with van der Waals surface area (Å²) in [6.07, 6.45) is 4.30. The van der Waals surface area contributed by atoms with Gasteiger partial charge in [-0.15, -0.1) is 5.10 Å². The molecule has 0 atom stereocenters. The van der Waals surface area contributed by atoms with Gasteiger partial charge in [0.15, 0.2) is 17.5 Å². The van der Waals surface area contributed by atoms with Crippen molar-refractivity contribution in [3.63, 3.8) is 0 Å². The van der Waals surface area contributed by atoms with Gasteiger partial charge in [-0.25, -0.2) is 37.2 Å². The van der Waals surface area contributed by atoms with E-state index in [1.165, 1.54) is 29.1 Å². The Morgan fingerprint density at radius 1 is 1.00 bits per heavy atom. The number of hydrogen-bond donors (Lipinski definition) is 2. The number of nitrogens with zero attached hydrogens (tertiary/aromatic N) is 7. The molecule has 0 bridgehead atoms. The molecular weight excluding hydrogens is 490 g/mol. The minimum absolute atomic E-state index is 0.0139. The first-order valence-corrected chi connectivity index (χ1v) is 11.4. The fourth-order valence-corrected chi connectivity index (χ4v) is 5.00. The van der Waals surface area contributed by atoms with Crippen LogP contribution in [0.3, 0.4) is 0 Å². The molecule has 6 rings (SSSR count). The summed E-state index contributed by atoms with van der Waals surface area (Å²) in [5, 5.41) is 7.35. The second kappa shape index (κ2) is 8.11. The second-order valence-electron chi connectivity index (χ2n) is 9.60. The Labute approximate surface area is 208 Å². The van der Waals surface area contributed by atoms with Crippen LogP contribution in [0.15, 0.2) is 42.9 Å². The molecule has 2 aliphatic rings. The molecule has 4 aromatic rings. The van der Waals surface area contributed by atoms with Crippen molar-refractivity contribution in [2.24, 2.45) is 12.5 Å². The highest BCUT2D eigenvalue weighted by Gasteiger charge is 2.62. The van der Waals surface area contributed by atoms with Crippen molar-refractivity contribution in [1.82, 2.24) is 29.7 Å². The zero-order valence-corrected chi connectivity index (χ0v) is 19.6. The van der Waals surface area contributed by atoms with Crippen LogP contribution in [0, 0.1) is 17.0 Å². The van der Waals surface area contributed by atoms with Gasteiger partial charge in [-0.05, 0) is 24.3 Å². The van der Waals surface area contributed by atoms with Crippen molar-refractivity contribution in [1.29, 1.82) is 0 Å². The molecule has 1 aliphatic carbocycles. The van der Waals surface area contributed by atoms with Gasteiger partial charge in [0.2, 0.25) is 17.8 Å². The zero-order valence-electron chi connectivity index (χ0n) is 19.6. The van der Waals surface area contributed by atoms with E-state index in [1.807, 2.05) is 4.90 Å². The first-order chi connectivity index (χ1) is 17.6. The van der Waals surface area contributed by atoms with E-state index in [9.17, 15) is 17.6 Å². The number of nitrogens with two attached hydrogens (primary N) is 1. The molecule has 1 saturated heterocycles. The van der Waals surface area contributed by atoms with Crippen LogP contribution in [0.1, 0.15) is 12.8 Å². The van der Waals surface area contributed by atoms with Crippen LogP contribution in [0.25, 0.3) is 22.5 Å². The van der Waals surface area contributed by atoms with Gasteiger partial charge < -0.3 is 16.0 Å². The molecule has 3 N–H and O–H groups in total. The average Bonchev–Trinajstić information content (AvgIpc) is 3.18. The second-order valence-corrected chi connectivity index (χ2v) is 9.60. The summed E-state index contributed by atoms with van der Waals surface area (Å²) in [5.41, 5.74) is 6.18. The Morgan fingerprint density at radius 3 is 2.41 bits per heavy atom. The van der Waals surface area contributed by atoms with Crippen molar-refractivity contribution >= 4 is 23.4 Å². The van der Waals surface area contributed by atoms with Gasteiger partial charge >= 0.3 is 0 Å². The van der Waals surface area contributed by atoms with E-state index in [0.29, 0.717) is 42.1 Å². The molecule has 1 aromatic carbocycles. The largest absolute Gasteiger partial charge is 0.381 e. The molecule has 2 fully saturated rings. The lowest BCUT2D eigenvalue weighted by Crippen LogP contribution is -2.66. The monoisotopic (exact) mass is 511 g/mol. The van der Waals surface area contributed by atoms with Crippen molar-refractivity contribution in [2.45, 2.75) is 18.8 Å². The van der Waals surface area contributed by atoms with Gasteiger partial charge in [0.1, 0.15) is 5.82 Å². The highest BCUT2D eigenvalue weighted by Crippen LogP contribution is 2.57. The Hall–Kier alpha value is -4.29. The van der Waals surface area contributed by atoms with E-state index in [2.05, 4.69) is 30.4 Å². The van der Waals surface area contributed by atoms with E-state index >= 15 is 0 Å². The molecule has 1 aliphatic heterocycles. The molecule has 3 aromatic heterocycles. The van der Waals surface area contributed by atoms with Gasteiger partial charge in [-0.2, -0.15) is 4.98 Å². The fraction of sp³-hybridized carbons (Fsp3) is 0.292. The van der Waals surface area contributed by atoms with Crippen LogP contribution in [0.4, 0.5) is 41.0 Å². The Kier molecular flexibility index (Phi) is 5.07. The van der Waals surface area contributed by atoms with Crippen LogP contribution >= 0.6 is 0 Å². The predicted molar refractivity (Wildman–Crippen MR) is 128 cm³/mol. The molecule has 190 valence electrons.